The lowest BCUT2D eigenvalue weighted by Gasteiger charge is -2.36. The van der Waals surface area contributed by atoms with Crippen molar-refractivity contribution in [2.24, 2.45) is 7.05 Å². The number of fused-ring (bicyclic) bond motifs is 2. The number of methoxy groups -OCH3 is 1. The lowest BCUT2D eigenvalue weighted by molar-refractivity contribution is -0.134. The lowest BCUT2D eigenvalue weighted by Crippen LogP contribution is -2.41. The minimum atomic E-state index is -1.75. The molecule has 6 heteroatoms. The van der Waals surface area contributed by atoms with Crippen LogP contribution in [-0.2, 0) is 33.8 Å². The third-order valence-electron chi connectivity index (χ3n) is 8.77. The van der Waals surface area contributed by atoms with E-state index in [1.165, 1.54) is 40.8 Å². The van der Waals surface area contributed by atoms with Gasteiger partial charge in [0.25, 0.3) is 0 Å². The van der Waals surface area contributed by atoms with Gasteiger partial charge in [-0.2, -0.15) is 0 Å². The number of benzene rings is 2. The third-order valence-corrected chi connectivity index (χ3v) is 13.3. The maximum absolute atomic E-state index is 11.5. The molecule has 4 rings (SSSR count). The fourth-order valence-corrected chi connectivity index (χ4v) is 6.54. The zero-order valence-electron chi connectivity index (χ0n) is 24.9. The van der Waals surface area contributed by atoms with E-state index in [0.717, 1.165) is 50.9 Å². The van der Waals surface area contributed by atoms with Crippen molar-refractivity contribution in [2.45, 2.75) is 70.6 Å². The molecule has 0 spiro atoms. The molecule has 0 N–H and O–H groups in total. The Morgan fingerprint density at radius 1 is 1.15 bits per heavy atom. The number of hydrogen-bond acceptors (Lipinski definition) is 4. The Balaban J connectivity index is 1.50. The van der Waals surface area contributed by atoms with Gasteiger partial charge < -0.3 is 13.7 Å². The summed E-state index contributed by atoms with van der Waals surface area (Å²) >= 11 is 0. The molecule has 0 saturated heterocycles. The van der Waals surface area contributed by atoms with Crippen LogP contribution in [0.2, 0.25) is 18.1 Å². The summed E-state index contributed by atoms with van der Waals surface area (Å²) in [5, 5.41) is 1.58. The molecule has 3 aromatic rings. The van der Waals surface area contributed by atoms with E-state index in [0.29, 0.717) is 6.04 Å². The number of carbonyl (C=O) groups excluding carboxylic acids is 1. The molecule has 0 bridgehead atoms. The Labute approximate surface area is 235 Å². The van der Waals surface area contributed by atoms with Crippen LogP contribution in [0.25, 0.3) is 17.0 Å². The summed E-state index contributed by atoms with van der Waals surface area (Å²) in [5.41, 5.74) is 6.57. The molecule has 210 valence electrons. The second-order valence-electron chi connectivity index (χ2n) is 12.4. The molecular formula is C33H46N2O3Si. The lowest BCUT2D eigenvalue weighted by atomic mass is 10.0. The molecule has 2 aromatic carbocycles. The molecule has 39 heavy (non-hydrogen) atoms. The molecule has 1 aromatic heterocycles. The number of para-hydroxylation sites is 1. The number of esters is 1. The Hall–Kier alpha value is -2.67. The van der Waals surface area contributed by atoms with Crippen molar-refractivity contribution in [3.05, 3.63) is 77.0 Å². The molecule has 5 nitrogen and oxygen atoms in total. The van der Waals surface area contributed by atoms with E-state index in [4.69, 9.17) is 9.16 Å². The monoisotopic (exact) mass is 546 g/mol. The minimum absolute atomic E-state index is 0.228. The van der Waals surface area contributed by atoms with Crippen LogP contribution in [0.1, 0.15) is 61.9 Å². The van der Waals surface area contributed by atoms with E-state index < -0.39 is 8.32 Å². The van der Waals surface area contributed by atoms with E-state index >= 15 is 0 Å². The predicted octanol–water partition coefficient (Wildman–Crippen LogP) is 7.31. The summed E-state index contributed by atoms with van der Waals surface area (Å²) in [6.45, 7) is 14.4. The number of rotatable bonds is 11. The van der Waals surface area contributed by atoms with E-state index in [9.17, 15) is 4.79 Å². The van der Waals surface area contributed by atoms with Crippen LogP contribution in [0.3, 0.4) is 0 Å². The van der Waals surface area contributed by atoms with Crippen molar-refractivity contribution in [3.63, 3.8) is 0 Å². The predicted molar refractivity (Wildman–Crippen MR) is 165 cm³/mol. The summed E-state index contributed by atoms with van der Waals surface area (Å²) in [6, 6.07) is 15.7. The highest BCUT2D eigenvalue weighted by Gasteiger charge is 2.37. The first-order valence-corrected chi connectivity index (χ1v) is 17.2. The summed E-state index contributed by atoms with van der Waals surface area (Å²) in [6.07, 6.45) is 9.88. The normalized spacial score (nSPS) is 15.9. The molecule has 0 saturated carbocycles. The molecule has 1 aliphatic rings. The summed E-state index contributed by atoms with van der Waals surface area (Å²) in [5.74, 6) is -0.326. The van der Waals surface area contributed by atoms with Crippen LogP contribution in [0.4, 0.5) is 0 Å². The van der Waals surface area contributed by atoms with Gasteiger partial charge in [-0.1, -0.05) is 57.2 Å². The molecule has 1 unspecified atom stereocenters. The van der Waals surface area contributed by atoms with Crippen LogP contribution in [0.5, 0.6) is 0 Å². The Morgan fingerprint density at radius 3 is 2.67 bits per heavy atom. The number of aryl methyl sites for hydroxylation is 2. The van der Waals surface area contributed by atoms with Crippen LogP contribution in [0.15, 0.2) is 54.7 Å². The SMILES string of the molecule is COC(=O)C=Cc1ccc2c(c1)CCC2N(CCCO[Si](C)(C)C(C)(C)C)CCc1cn(C)c2ccccc12. The topological polar surface area (TPSA) is 43.7 Å². The first-order chi connectivity index (χ1) is 18.5. The van der Waals surface area contributed by atoms with Gasteiger partial charge in [0, 0.05) is 56.0 Å². The van der Waals surface area contributed by atoms with Gasteiger partial charge in [0.05, 0.1) is 7.11 Å². The maximum Gasteiger partial charge on any atom is 0.330 e. The van der Waals surface area contributed by atoms with Crippen molar-refractivity contribution in [1.82, 2.24) is 9.47 Å². The van der Waals surface area contributed by atoms with E-state index in [2.05, 4.69) is 99.0 Å². The van der Waals surface area contributed by atoms with E-state index in [-0.39, 0.29) is 11.0 Å². The first-order valence-electron chi connectivity index (χ1n) is 14.3. The Morgan fingerprint density at radius 2 is 1.92 bits per heavy atom. The van der Waals surface area contributed by atoms with Crippen molar-refractivity contribution in [3.8, 4) is 0 Å². The fraction of sp³-hybridized carbons (Fsp3) is 0.485. The highest BCUT2D eigenvalue weighted by molar-refractivity contribution is 6.74. The van der Waals surface area contributed by atoms with Gasteiger partial charge in [0.1, 0.15) is 0 Å². The van der Waals surface area contributed by atoms with Crippen LogP contribution >= 0.6 is 0 Å². The zero-order chi connectivity index (χ0) is 28.2. The Bertz CT molecular complexity index is 1320. The van der Waals surface area contributed by atoms with Crippen molar-refractivity contribution in [2.75, 3.05) is 26.8 Å². The van der Waals surface area contributed by atoms with Crippen molar-refractivity contribution < 1.29 is 14.0 Å². The largest absolute Gasteiger partial charge is 0.466 e. The minimum Gasteiger partial charge on any atom is -0.466 e. The van der Waals surface area contributed by atoms with Gasteiger partial charge in [-0.3, -0.25) is 4.90 Å². The smallest absolute Gasteiger partial charge is 0.330 e. The van der Waals surface area contributed by atoms with Gasteiger partial charge in [-0.15, -0.1) is 0 Å². The molecule has 1 heterocycles. The van der Waals surface area contributed by atoms with Gasteiger partial charge in [-0.25, -0.2) is 4.79 Å². The average molecular weight is 547 g/mol. The number of carbonyl (C=O) groups is 1. The first kappa shape index (κ1) is 29.3. The molecule has 1 atom stereocenters. The summed E-state index contributed by atoms with van der Waals surface area (Å²) < 4.78 is 13.5. The fourth-order valence-electron chi connectivity index (χ4n) is 5.45. The maximum atomic E-state index is 11.5. The van der Waals surface area contributed by atoms with E-state index in [1.54, 1.807) is 0 Å². The molecule has 0 radical (unpaired) electrons. The third kappa shape index (κ3) is 6.92. The molecule has 0 aliphatic heterocycles. The average Bonchev–Trinajstić information content (AvgIpc) is 3.46. The van der Waals surface area contributed by atoms with Gasteiger partial charge in [0.15, 0.2) is 8.32 Å². The van der Waals surface area contributed by atoms with Crippen LogP contribution in [-0.4, -0.2) is 50.6 Å². The quantitative estimate of drug-likeness (QED) is 0.109. The zero-order valence-corrected chi connectivity index (χ0v) is 25.9. The van der Waals surface area contributed by atoms with Crippen LogP contribution in [0, 0.1) is 0 Å². The molecular weight excluding hydrogens is 500 g/mol. The van der Waals surface area contributed by atoms with Crippen LogP contribution < -0.4 is 0 Å². The summed E-state index contributed by atoms with van der Waals surface area (Å²) in [7, 11) is 1.80. The van der Waals surface area contributed by atoms with E-state index in [1.807, 2.05) is 6.08 Å². The van der Waals surface area contributed by atoms with Gasteiger partial charge in [-0.05, 0) is 78.2 Å². The number of nitrogens with zero attached hydrogens (tertiary/aromatic N) is 2. The number of aromatic nitrogens is 1. The van der Waals surface area contributed by atoms with Crippen molar-refractivity contribution >= 4 is 31.3 Å². The molecule has 1 aliphatic carbocycles. The van der Waals surface area contributed by atoms with Crippen molar-refractivity contribution in [1.29, 1.82) is 0 Å². The standard InChI is InChI=1S/C33H46N2O3Si/c1-33(2,3)39(6,7)38-22-10-20-35(21-19-27-24-34(4)30-12-9-8-11-28(27)30)31-17-15-26-23-25(13-16-29(26)31)14-18-32(36)37-5/h8-9,11-14,16,18,23-24,31H,10,15,17,19-22H2,1-7H3. The Kier molecular flexibility index (Phi) is 9.20. The van der Waals surface area contributed by atoms with Gasteiger partial charge >= 0.3 is 5.97 Å². The second kappa shape index (κ2) is 12.2. The molecule has 0 fully saturated rings. The van der Waals surface area contributed by atoms with Gasteiger partial charge in [0.2, 0.25) is 0 Å². The number of ether oxygens (including phenoxy) is 1. The highest BCUT2D eigenvalue weighted by Crippen LogP contribution is 2.38. The highest BCUT2D eigenvalue weighted by atomic mass is 28.4. The summed E-state index contributed by atoms with van der Waals surface area (Å²) in [4.78, 5) is 14.2. The number of hydrogen-bond donors (Lipinski definition) is 0. The second-order valence-corrected chi connectivity index (χ2v) is 17.2. The molecule has 0 amide bonds.